The van der Waals surface area contributed by atoms with E-state index in [4.69, 9.17) is 15.0 Å². The Balaban J connectivity index is 0.836. The summed E-state index contributed by atoms with van der Waals surface area (Å²) in [4.78, 5) is 15.8. The zero-order valence-electron chi connectivity index (χ0n) is 38.0. The van der Waals surface area contributed by atoms with E-state index in [0.717, 1.165) is 35.2 Å². The third kappa shape index (κ3) is 5.88. The number of benzene rings is 10. The van der Waals surface area contributed by atoms with Gasteiger partial charge < -0.3 is 9.13 Å². The molecule has 0 bridgehead atoms. The van der Waals surface area contributed by atoms with Crippen LogP contribution in [0.3, 0.4) is 0 Å². The van der Waals surface area contributed by atoms with Crippen molar-refractivity contribution >= 4 is 43.6 Å². The highest BCUT2D eigenvalue weighted by atomic mass is 15.0. The lowest BCUT2D eigenvalue weighted by atomic mass is 9.99. The lowest BCUT2D eigenvalue weighted by Gasteiger charge is -2.13. The van der Waals surface area contributed by atoms with Gasteiger partial charge in [0.25, 0.3) is 0 Å². The zero-order chi connectivity index (χ0) is 45.9. The highest BCUT2D eigenvalue weighted by Crippen LogP contribution is 2.46. The molecule has 2 aliphatic rings. The van der Waals surface area contributed by atoms with Crippen molar-refractivity contribution in [3.05, 3.63) is 247 Å². The first-order chi connectivity index (χ1) is 34.7. The maximum Gasteiger partial charge on any atom is 0.164 e. The summed E-state index contributed by atoms with van der Waals surface area (Å²) in [5, 5.41) is 4.97. The largest absolute Gasteiger partial charge is 0.309 e. The molecule has 0 N–H and O–H groups in total. The average molecular weight is 892 g/mol. The molecule has 10 aromatic carbocycles. The fourth-order valence-corrected chi connectivity index (χ4v) is 11.7. The van der Waals surface area contributed by atoms with Gasteiger partial charge in [-0.3, -0.25) is 0 Å². The van der Waals surface area contributed by atoms with Crippen molar-refractivity contribution in [2.45, 2.75) is 12.8 Å². The Hall–Kier alpha value is -9.19. The van der Waals surface area contributed by atoms with Crippen LogP contribution in [0.25, 0.3) is 123 Å². The first-order valence-corrected chi connectivity index (χ1v) is 24.1. The molecule has 3 aromatic heterocycles. The fraction of sp³-hybridized carbons (Fsp3) is 0.0308. The molecule has 0 amide bonds. The van der Waals surface area contributed by atoms with Gasteiger partial charge in [0, 0.05) is 49.6 Å². The minimum absolute atomic E-state index is 0.676. The van der Waals surface area contributed by atoms with Crippen LogP contribution in [0.2, 0.25) is 0 Å². The number of nitrogens with zero attached hydrogens (tertiary/aromatic N) is 5. The number of hydrogen-bond acceptors (Lipinski definition) is 3. The van der Waals surface area contributed by atoms with Crippen LogP contribution in [-0.4, -0.2) is 24.1 Å². The van der Waals surface area contributed by atoms with E-state index in [1.807, 2.05) is 18.2 Å². The predicted octanol–water partition coefficient (Wildman–Crippen LogP) is 15.9. The van der Waals surface area contributed by atoms with Crippen LogP contribution in [0.15, 0.2) is 224 Å². The second-order valence-corrected chi connectivity index (χ2v) is 18.7. The van der Waals surface area contributed by atoms with E-state index in [0.29, 0.717) is 17.5 Å². The Morgan fingerprint density at radius 1 is 0.271 bits per heavy atom. The first kappa shape index (κ1) is 38.9. The average Bonchev–Trinajstić information content (AvgIpc) is 4.18. The molecule has 3 heterocycles. The van der Waals surface area contributed by atoms with E-state index in [9.17, 15) is 0 Å². The zero-order valence-corrected chi connectivity index (χ0v) is 38.0. The second kappa shape index (κ2) is 15.2. The number of fused-ring (bicyclic) bond motifs is 12. The van der Waals surface area contributed by atoms with Crippen molar-refractivity contribution in [2.75, 3.05) is 0 Å². The Labute approximate surface area is 404 Å². The minimum Gasteiger partial charge on any atom is -0.309 e. The molecule has 0 unspecified atom stereocenters. The van der Waals surface area contributed by atoms with Crippen molar-refractivity contribution in [3.8, 4) is 78.9 Å². The minimum atomic E-state index is 0.676. The summed E-state index contributed by atoms with van der Waals surface area (Å²) in [6.45, 7) is 0. The van der Waals surface area contributed by atoms with Gasteiger partial charge in [-0.05, 0) is 129 Å². The molecule has 0 spiro atoms. The quantitative estimate of drug-likeness (QED) is 0.167. The number of para-hydroxylation sites is 3. The molecule has 0 radical (unpaired) electrons. The molecule has 5 heteroatoms. The third-order valence-electron chi connectivity index (χ3n) is 14.9. The maximum absolute atomic E-state index is 5.35. The van der Waals surface area contributed by atoms with Crippen LogP contribution in [0, 0.1) is 0 Å². The maximum atomic E-state index is 5.35. The van der Waals surface area contributed by atoms with Crippen molar-refractivity contribution in [1.29, 1.82) is 0 Å². The normalized spacial score (nSPS) is 12.5. The van der Waals surface area contributed by atoms with E-state index in [2.05, 4.69) is 215 Å². The Morgan fingerprint density at radius 3 is 1.39 bits per heavy atom. The summed E-state index contributed by atoms with van der Waals surface area (Å²) in [6, 6.07) is 81.3. The lowest BCUT2D eigenvalue weighted by molar-refractivity contribution is 1.06. The standard InChI is InChI=1S/C65H41N5/c1-3-15-40(16-4-1)63-66-64(52-25-13-23-48-47-20-8-7-17-43(47)37-55(48)52)68-65(67-63)53-26-14-24-49-54-39-46(32-29-44(54)38-56(49)53)70-60-28-12-10-22-51(60)58-36-42(31-34-62(58)70)41-30-33-61-57(35-41)50-21-9-11-27-59(50)69(61)45-18-5-2-6-19-45/h1-36,39H,37-38H2. The molecule has 0 atom stereocenters. The highest BCUT2D eigenvalue weighted by Gasteiger charge is 2.27. The van der Waals surface area contributed by atoms with E-state index in [-0.39, 0.29) is 0 Å². The SMILES string of the molecule is c1ccc(-c2nc(-c3cccc4c3Cc3ccccc3-4)nc(-c3cccc4c3Cc3ccc(-n5c6ccccc6c6cc(-c7ccc8c(c7)c7ccccc7n8-c7ccccc7)ccc65)cc3-4)n2)cc1. The van der Waals surface area contributed by atoms with Gasteiger partial charge in [0.15, 0.2) is 17.5 Å². The third-order valence-corrected chi connectivity index (χ3v) is 14.9. The van der Waals surface area contributed by atoms with Crippen LogP contribution >= 0.6 is 0 Å². The summed E-state index contributed by atoms with van der Waals surface area (Å²) < 4.78 is 4.82. The molecule has 0 fully saturated rings. The van der Waals surface area contributed by atoms with Gasteiger partial charge in [0.1, 0.15) is 0 Å². The molecular weight excluding hydrogens is 851 g/mol. The summed E-state index contributed by atoms with van der Waals surface area (Å²) >= 11 is 0. The van der Waals surface area contributed by atoms with Crippen LogP contribution in [0.5, 0.6) is 0 Å². The van der Waals surface area contributed by atoms with Crippen LogP contribution in [0.4, 0.5) is 0 Å². The van der Waals surface area contributed by atoms with Gasteiger partial charge in [-0.25, -0.2) is 15.0 Å². The molecule has 0 aliphatic heterocycles. The van der Waals surface area contributed by atoms with Gasteiger partial charge in [0.2, 0.25) is 0 Å². The molecule has 5 nitrogen and oxygen atoms in total. The number of aromatic nitrogens is 5. The molecule has 70 heavy (non-hydrogen) atoms. The van der Waals surface area contributed by atoms with Crippen molar-refractivity contribution in [1.82, 2.24) is 24.1 Å². The molecule has 15 rings (SSSR count). The highest BCUT2D eigenvalue weighted by molar-refractivity contribution is 6.13. The molecule has 2 aliphatic carbocycles. The van der Waals surface area contributed by atoms with Gasteiger partial charge in [0.05, 0.1) is 22.1 Å². The number of rotatable bonds is 6. The predicted molar refractivity (Wildman–Crippen MR) is 287 cm³/mol. The van der Waals surface area contributed by atoms with Gasteiger partial charge in [-0.1, -0.05) is 164 Å². The molecule has 326 valence electrons. The van der Waals surface area contributed by atoms with Crippen LogP contribution in [0.1, 0.15) is 22.3 Å². The smallest absolute Gasteiger partial charge is 0.164 e. The lowest BCUT2D eigenvalue weighted by Crippen LogP contribution is -2.03. The van der Waals surface area contributed by atoms with Crippen LogP contribution < -0.4 is 0 Å². The van der Waals surface area contributed by atoms with E-state index >= 15 is 0 Å². The Kier molecular flexibility index (Phi) is 8.42. The molecule has 13 aromatic rings. The van der Waals surface area contributed by atoms with Gasteiger partial charge >= 0.3 is 0 Å². The van der Waals surface area contributed by atoms with Crippen molar-refractivity contribution in [3.63, 3.8) is 0 Å². The molecule has 0 saturated carbocycles. The van der Waals surface area contributed by atoms with Crippen LogP contribution in [-0.2, 0) is 12.8 Å². The summed E-state index contributed by atoms with van der Waals surface area (Å²) in [5.41, 5.74) is 22.7. The monoisotopic (exact) mass is 891 g/mol. The van der Waals surface area contributed by atoms with E-state index in [1.54, 1.807) is 0 Å². The van der Waals surface area contributed by atoms with E-state index in [1.165, 1.54) is 105 Å². The first-order valence-electron chi connectivity index (χ1n) is 24.1. The van der Waals surface area contributed by atoms with Gasteiger partial charge in [-0.15, -0.1) is 0 Å². The number of hydrogen-bond donors (Lipinski definition) is 0. The summed E-state index contributed by atoms with van der Waals surface area (Å²) in [7, 11) is 0. The molecular formula is C65H41N5. The second-order valence-electron chi connectivity index (χ2n) is 18.7. The fourth-order valence-electron chi connectivity index (χ4n) is 11.7. The summed E-state index contributed by atoms with van der Waals surface area (Å²) in [6.07, 6.45) is 1.65. The molecule has 0 saturated heterocycles. The van der Waals surface area contributed by atoms with Gasteiger partial charge in [-0.2, -0.15) is 0 Å². The summed E-state index contributed by atoms with van der Waals surface area (Å²) in [5.74, 6) is 2.07. The van der Waals surface area contributed by atoms with Crippen molar-refractivity contribution in [2.24, 2.45) is 0 Å². The Morgan fingerprint density at radius 2 is 0.743 bits per heavy atom. The Bertz CT molecular complexity index is 4290. The topological polar surface area (TPSA) is 48.5 Å². The van der Waals surface area contributed by atoms with E-state index < -0.39 is 0 Å². The van der Waals surface area contributed by atoms with Crippen molar-refractivity contribution < 1.29 is 0 Å².